The normalized spacial score (nSPS) is 10.6. The van der Waals surface area contributed by atoms with E-state index in [1.54, 1.807) is 0 Å². The van der Waals surface area contributed by atoms with Gasteiger partial charge in [-0.15, -0.1) is 0 Å². The van der Waals surface area contributed by atoms with Crippen LogP contribution in [0.3, 0.4) is 0 Å². The Hall–Kier alpha value is 1.22. The molecule has 0 bridgehead atoms. The predicted molar refractivity (Wildman–Crippen MR) is 36.1 cm³/mol. The molecule has 56 valence electrons. The van der Waals surface area contributed by atoms with Crippen molar-refractivity contribution in [2.24, 2.45) is 0 Å². The second-order valence-electron chi connectivity index (χ2n) is 1.34. The Morgan fingerprint density at radius 2 is 2.10 bits per heavy atom. The number of thioether (sulfide) groups is 1. The van der Waals surface area contributed by atoms with Crippen LogP contribution in [0.5, 0.6) is 0 Å². The van der Waals surface area contributed by atoms with E-state index in [0.717, 1.165) is 0 Å². The fourth-order valence-corrected chi connectivity index (χ4v) is 1.06. The molecule has 0 rings (SSSR count). The summed E-state index contributed by atoms with van der Waals surface area (Å²) in [6.07, 6.45) is 1.83. The molecule has 0 radical (unpaired) electrons. The van der Waals surface area contributed by atoms with Gasteiger partial charge < -0.3 is 4.55 Å². The van der Waals surface area contributed by atoms with Crippen molar-refractivity contribution in [3.05, 3.63) is 0 Å². The quantitative estimate of drug-likeness (QED) is 0.284. The maximum absolute atomic E-state index is 9.83. The molecule has 0 unspecified atom stereocenters. The van der Waals surface area contributed by atoms with Gasteiger partial charge in [0.2, 0.25) is 0 Å². The van der Waals surface area contributed by atoms with Crippen LogP contribution in [0.4, 0.5) is 0 Å². The van der Waals surface area contributed by atoms with Crippen molar-refractivity contribution in [1.29, 1.82) is 0 Å². The van der Waals surface area contributed by atoms with Gasteiger partial charge in [-0.2, -0.15) is 11.8 Å². The first-order chi connectivity index (χ1) is 4.06. The van der Waals surface area contributed by atoms with E-state index in [9.17, 15) is 13.0 Å². The topological polar surface area (TPSA) is 69.2 Å². The van der Waals surface area contributed by atoms with Crippen molar-refractivity contribution in [1.82, 2.24) is 4.72 Å². The van der Waals surface area contributed by atoms with Crippen molar-refractivity contribution < 1.29 is 42.5 Å². The molecule has 0 aliphatic rings. The SMILES string of the molecule is CSCCNS(=O)(=O)[O-].[Na+]. The molecule has 0 fully saturated rings. The molecule has 1 N–H and O–H groups in total. The molecule has 0 aromatic rings. The summed E-state index contributed by atoms with van der Waals surface area (Å²) < 4.78 is 31.3. The van der Waals surface area contributed by atoms with Gasteiger partial charge in [-0.3, -0.25) is 0 Å². The summed E-state index contributed by atoms with van der Waals surface area (Å²) in [5.41, 5.74) is 0. The molecule has 7 heteroatoms. The molecular weight excluding hydrogens is 185 g/mol. The third kappa shape index (κ3) is 12.0. The third-order valence-corrected chi connectivity index (χ3v) is 1.76. The van der Waals surface area contributed by atoms with Gasteiger partial charge in [0, 0.05) is 12.3 Å². The van der Waals surface area contributed by atoms with Crippen LogP contribution in [-0.2, 0) is 10.3 Å². The summed E-state index contributed by atoms with van der Waals surface area (Å²) in [5.74, 6) is 0.626. The van der Waals surface area contributed by atoms with E-state index >= 15 is 0 Å². The van der Waals surface area contributed by atoms with Crippen LogP contribution in [0, 0.1) is 0 Å². The molecule has 0 amide bonds. The molecule has 0 heterocycles. The van der Waals surface area contributed by atoms with Gasteiger partial charge in [0.05, 0.1) is 0 Å². The Labute approximate surface area is 87.3 Å². The van der Waals surface area contributed by atoms with E-state index in [2.05, 4.69) is 0 Å². The zero-order chi connectivity index (χ0) is 7.33. The van der Waals surface area contributed by atoms with E-state index in [0.29, 0.717) is 5.75 Å². The maximum Gasteiger partial charge on any atom is 1.00 e. The molecule has 0 saturated carbocycles. The second-order valence-corrected chi connectivity index (χ2v) is 3.52. The molecule has 0 aliphatic carbocycles. The molecule has 4 nitrogen and oxygen atoms in total. The zero-order valence-corrected chi connectivity index (χ0v) is 9.59. The van der Waals surface area contributed by atoms with Gasteiger partial charge in [-0.25, -0.2) is 13.1 Å². The standard InChI is InChI=1S/C3H9NO3S2.Na/c1-8-3-2-4-9(5,6)7;/h4H,2-3H2,1H3,(H,5,6,7);/q;+1/p-1. The Kier molecular flexibility index (Phi) is 9.51. The minimum Gasteiger partial charge on any atom is -0.735 e. The van der Waals surface area contributed by atoms with Crippen LogP contribution in [-0.4, -0.2) is 31.5 Å². The Morgan fingerprint density at radius 1 is 1.60 bits per heavy atom. The second kappa shape index (κ2) is 6.90. The average Bonchev–Trinajstić information content (AvgIpc) is 1.63. The van der Waals surface area contributed by atoms with Crippen molar-refractivity contribution >= 4 is 22.1 Å². The maximum atomic E-state index is 9.83. The predicted octanol–water partition coefficient (Wildman–Crippen LogP) is -3.60. The molecule has 0 atom stereocenters. The summed E-state index contributed by atoms with van der Waals surface area (Å²) >= 11 is 1.48. The summed E-state index contributed by atoms with van der Waals surface area (Å²) in [6.45, 7) is 0.215. The van der Waals surface area contributed by atoms with Crippen LogP contribution < -0.4 is 34.3 Å². The molecule has 0 aromatic carbocycles. The van der Waals surface area contributed by atoms with Crippen LogP contribution in [0.2, 0.25) is 0 Å². The van der Waals surface area contributed by atoms with Gasteiger partial charge in [0.15, 0.2) is 10.3 Å². The van der Waals surface area contributed by atoms with Gasteiger partial charge in [-0.05, 0) is 6.26 Å². The fourth-order valence-electron chi connectivity index (χ4n) is 0.269. The number of hydrogen-bond donors (Lipinski definition) is 1. The first-order valence-electron chi connectivity index (χ1n) is 2.25. The summed E-state index contributed by atoms with van der Waals surface area (Å²) in [5, 5.41) is 0. The summed E-state index contributed by atoms with van der Waals surface area (Å²) in [7, 11) is -4.21. The van der Waals surface area contributed by atoms with E-state index in [4.69, 9.17) is 0 Å². The molecule has 10 heavy (non-hydrogen) atoms. The zero-order valence-electron chi connectivity index (χ0n) is 5.96. The van der Waals surface area contributed by atoms with Crippen molar-refractivity contribution in [3.8, 4) is 0 Å². The molecular formula is C3H8NNaO3S2. The van der Waals surface area contributed by atoms with Gasteiger partial charge in [0.1, 0.15) is 0 Å². The van der Waals surface area contributed by atoms with E-state index in [-0.39, 0.29) is 36.1 Å². The molecule has 0 aromatic heterocycles. The van der Waals surface area contributed by atoms with Gasteiger partial charge >= 0.3 is 29.6 Å². The van der Waals surface area contributed by atoms with Gasteiger partial charge in [-0.1, -0.05) is 0 Å². The summed E-state index contributed by atoms with van der Waals surface area (Å²) in [4.78, 5) is 0. The van der Waals surface area contributed by atoms with E-state index in [1.165, 1.54) is 11.8 Å². The van der Waals surface area contributed by atoms with Crippen LogP contribution >= 0.6 is 11.8 Å². The average molecular weight is 193 g/mol. The minimum atomic E-state index is -4.21. The first-order valence-corrected chi connectivity index (χ1v) is 5.06. The van der Waals surface area contributed by atoms with Crippen molar-refractivity contribution in [2.45, 2.75) is 0 Å². The monoisotopic (exact) mass is 193 g/mol. The van der Waals surface area contributed by atoms with Crippen molar-refractivity contribution in [3.63, 3.8) is 0 Å². The fraction of sp³-hybridized carbons (Fsp3) is 1.00. The van der Waals surface area contributed by atoms with Crippen molar-refractivity contribution in [2.75, 3.05) is 18.6 Å². The molecule has 0 spiro atoms. The largest absolute Gasteiger partial charge is 1.00 e. The number of hydrogen-bond acceptors (Lipinski definition) is 4. The Bertz CT molecular complexity index is 157. The number of rotatable bonds is 4. The summed E-state index contributed by atoms with van der Waals surface area (Å²) in [6, 6.07) is 0. The smallest absolute Gasteiger partial charge is 0.735 e. The van der Waals surface area contributed by atoms with Crippen LogP contribution in [0.25, 0.3) is 0 Å². The van der Waals surface area contributed by atoms with E-state index < -0.39 is 10.3 Å². The Balaban J connectivity index is 0. The minimum absolute atomic E-state index is 0. The molecule has 0 saturated heterocycles. The van der Waals surface area contributed by atoms with Gasteiger partial charge in [0.25, 0.3) is 0 Å². The van der Waals surface area contributed by atoms with Crippen LogP contribution in [0.1, 0.15) is 0 Å². The van der Waals surface area contributed by atoms with Crippen LogP contribution in [0.15, 0.2) is 0 Å². The first kappa shape index (κ1) is 13.8. The Morgan fingerprint density at radius 3 is 2.40 bits per heavy atom. The van der Waals surface area contributed by atoms with E-state index in [1.807, 2.05) is 11.0 Å². The number of nitrogens with one attached hydrogen (secondary N) is 1. The molecule has 0 aliphatic heterocycles. The third-order valence-electron chi connectivity index (χ3n) is 0.585.